The molecule has 3 heterocycles. The summed E-state index contributed by atoms with van der Waals surface area (Å²) in [5, 5.41) is 3.88. The first-order valence-corrected chi connectivity index (χ1v) is 14.2. The lowest BCUT2D eigenvalue weighted by atomic mass is 9.96. The molecule has 0 radical (unpaired) electrons. The zero-order chi connectivity index (χ0) is 29.1. The Hall–Kier alpha value is -3.82. The Morgan fingerprint density at radius 3 is 2.37 bits per heavy atom. The average Bonchev–Trinajstić information content (AvgIpc) is 3.25. The van der Waals surface area contributed by atoms with Crippen LogP contribution in [0.1, 0.15) is 44.9 Å². The predicted molar refractivity (Wildman–Crippen MR) is 159 cm³/mol. The minimum atomic E-state index is -0.557. The highest BCUT2D eigenvalue weighted by Crippen LogP contribution is 2.24. The second kappa shape index (κ2) is 12.0. The molecular weight excluding hydrogens is 544 g/mol. The third-order valence-corrected chi connectivity index (χ3v) is 7.54. The number of nitrogens with zero attached hydrogens (tertiary/aromatic N) is 3. The summed E-state index contributed by atoms with van der Waals surface area (Å²) in [4.78, 5) is 41.5. The van der Waals surface area contributed by atoms with Crippen LogP contribution in [0.25, 0.3) is 16.6 Å². The summed E-state index contributed by atoms with van der Waals surface area (Å²) in [7, 11) is 0. The zero-order valence-electron chi connectivity index (χ0n) is 23.6. The van der Waals surface area contributed by atoms with Crippen LogP contribution in [0, 0.1) is 5.92 Å². The van der Waals surface area contributed by atoms with Gasteiger partial charge in [0, 0.05) is 25.7 Å². The van der Waals surface area contributed by atoms with Gasteiger partial charge in [-0.2, -0.15) is 0 Å². The summed E-state index contributed by atoms with van der Waals surface area (Å²) in [6.45, 7) is 7.46. The van der Waals surface area contributed by atoms with Crippen molar-refractivity contribution in [2.75, 3.05) is 13.1 Å². The number of aromatic nitrogens is 3. The van der Waals surface area contributed by atoms with Gasteiger partial charge >= 0.3 is 6.09 Å². The number of amides is 1. The first kappa shape index (κ1) is 28.7. The Labute approximate surface area is 243 Å². The van der Waals surface area contributed by atoms with Crippen LogP contribution < -0.4 is 11.1 Å². The predicted octanol–water partition coefficient (Wildman–Crippen LogP) is 5.50. The van der Waals surface area contributed by atoms with Crippen molar-refractivity contribution >= 4 is 28.6 Å². The first-order chi connectivity index (χ1) is 19.6. The number of fused-ring (bicyclic) bond motifs is 1. The van der Waals surface area contributed by atoms with Crippen molar-refractivity contribution in [1.29, 1.82) is 0 Å². The first-order valence-electron chi connectivity index (χ1n) is 13.8. The van der Waals surface area contributed by atoms with E-state index in [1.807, 2.05) is 51.1 Å². The number of nitrogens with one attached hydrogen (secondary N) is 1. The van der Waals surface area contributed by atoms with Gasteiger partial charge in [0.25, 0.3) is 11.1 Å². The molecule has 216 valence electrons. The number of benzene rings is 2. The Morgan fingerprint density at radius 1 is 1.00 bits per heavy atom. The molecule has 0 aliphatic carbocycles. The lowest BCUT2D eigenvalue weighted by Gasteiger charge is -2.34. The van der Waals surface area contributed by atoms with Gasteiger partial charge < -0.3 is 18.9 Å². The fourth-order valence-electron chi connectivity index (χ4n) is 5.18. The van der Waals surface area contributed by atoms with Crippen molar-refractivity contribution in [1.82, 2.24) is 19.2 Å². The number of carbonyl (C=O) groups is 1. The Balaban J connectivity index is 1.45. The van der Waals surface area contributed by atoms with Crippen LogP contribution in [0.4, 0.5) is 4.79 Å². The second-order valence-electron chi connectivity index (χ2n) is 11.4. The third-order valence-electron chi connectivity index (χ3n) is 7.22. The van der Waals surface area contributed by atoms with E-state index in [2.05, 4.69) is 5.10 Å². The number of rotatable bonds is 7. The number of piperidine rings is 1. The molecule has 0 unspecified atom stereocenters. The third kappa shape index (κ3) is 6.57. The van der Waals surface area contributed by atoms with Crippen molar-refractivity contribution in [2.24, 2.45) is 5.92 Å². The van der Waals surface area contributed by atoms with Crippen molar-refractivity contribution < 1.29 is 14.3 Å². The van der Waals surface area contributed by atoms with E-state index in [0.29, 0.717) is 66.4 Å². The fraction of sp³-hybridized carbons (Fsp3) is 0.387. The second-order valence-corrected chi connectivity index (χ2v) is 11.8. The molecule has 0 saturated carbocycles. The number of ether oxygens (including phenoxy) is 2. The molecule has 1 amide bonds. The number of hydrogen-bond donors (Lipinski definition) is 1. The van der Waals surface area contributed by atoms with Crippen LogP contribution in [0.3, 0.4) is 0 Å². The van der Waals surface area contributed by atoms with Crippen LogP contribution in [0.5, 0.6) is 0 Å². The van der Waals surface area contributed by atoms with Crippen LogP contribution in [0.15, 0.2) is 70.3 Å². The van der Waals surface area contributed by atoms with Crippen molar-refractivity contribution in [3.8, 4) is 5.69 Å². The molecule has 1 saturated heterocycles. The topological polar surface area (TPSA) is 98.6 Å². The summed E-state index contributed by atoms with van der Waals surface area (Å²) in [5.74, 6) is 0.140. The van der Waals surface area contributed by atoms with Gasteiger partial charge in [-0.1, -0.05) is 54.1 Å². The number of hydrogen-bond acceptors (Lipinski definition) is 5. The summed E-state index contributed by atoms with van der Waals surface area (Å²) in [5.41, 5.74) is 1.35. The van der Waals surface area contributed by atoms with E-state index in [-0.39, 0.29) is 29.7 Å². The van der Waals surface area contributed by atoms with Crippen molar-refractivity contribution in [3.63, 3.8) is 0 Å². The van der Waals surface area contributed by atoms with E-state index in [4.69, 9.17) is 21.1 Å². The normalized spacial score (nSPS) is 14.5. The molecule has 10 heteroatoms. The van der Waals surface area contributed by atoms with Gasteiger partial charge in [0.15, 0.2) is 0 Å². The van der Waals surface area contributed by atoms with Gasteiger partial charge in [0.1, 0.15) is 5.60 Å². The highest BCUT2D eigenvalue weighted by Gasteiger charge is 2.28. The quantitative estimate of drug-likeness (QED) is 0.312. The number of para-hydroxylation sites is 1. The lowest BCUT2D eigenvalue weighted by molar-refractivity contribution is 0.0177. The number of H-pyrrole nitrogens is 1. The lowest BCUT2D eigenvalue weighted by Crippen LogP contribution is -2.43. The minimum Gasteiger partial charge on any atom is -0.444 e. The van der Waals surface area contributed by atoms with Crippen LogP contribution in [-0.4, -0.2) is 44.0 Å². The SMILES string of the molecule is CC(C)(C)OC(=O)N1CCC(Cn2c(COCc3ccccc3)c3c(=O)n(-c4ccccc4Cl)[nH]c3cc2=O)CC1. The number of pyridine rings is 1. The molecule has 0 atom stereocenters. The Bertz CT molecular complexity index is 1640. The Morgan fingerprint density at radius 2 is 1.68 bits per heavy atom. The van der Waals surface area contributed by atoms with Gasteiger partial charge in [0.05, 0.1) is 40.5 Å². The van der Waals surface area contributed by atoms with Crippen LogP contribution >= 0.6 is 11.6 Å². The van der Waals surface area contributed by atoms with Crippen LogP contribution in [-0.2, 0) is 29.2 Å². The van der Waals surface area contributed by atoms with E-state index in [1.165, 1.54) is 10.7 Å². The molecular formula is C31H35ClN4O5. The molecule has 4 aromatic rings. The summed E-state index contributed by atoms with van der Waals surface area (Å²) < 4.78 is 14.6. The van der Waals surface area contributed by atoms with E-state index >= 15 is 0 Å². The number of likely N-dealkylation sites (tertiary alicyclic amines) is 1. The van der Waals surface area contributed by atoms with Gasteiger partial charge in [0.2, 0.25) is 0 Å². The van der Waals surface area contributed by atoms with Gasteiger partial charge in [-0.05, 0) is 57.2 Å². The highest BCUT2D eigenvalue weighted by molar-refractivity contribution is 6.32. The summed E-state index contributed by atoms with van der Waals surface area (Å²) in [6, 6.07) is 18.2. The van der Waals surface area contributed by atoms with Crippen LogP contribution in [0.2, 0.25) is 5.02 Å². The Kier molecular flexibility index (Phi) is 8.37. The van der Waals surface area contributed by atoms with E-state index in [0.717, 1.165) is 5.56 Å². The number of carbonyl (C=O) groups excluding carboxylic acids is 1. The minimum absolute atomic E-state index is 0.0772. The zero-order valence-corrected chi connectivity index (χ0v) is 24.3. The molecule has 1 aliphatic rings. The molecule has 2 aromatic heterocycles. The molecule has 41 heavy (non-hydrogen) atoms. The van der Waals surface area contributed by atoms with Crippen molar-refractivity contribution in [3.05, 3.63) is 97.7 Å². The standard InChI is InChI=1S/C31H35ClN4O5/c1-31(2,3)41-30(39)34-15-13-21(14-16-34)18-35-26(20-40-19-22-9-5-4-6-10-22)28-24(17-27(35)37)33-36(29(28)38)25-12-8-7-11-23(25)32/h4-12,17,21,33H,13-16,18-20H2,1-3H3. The van der Waals surface area contributed by atoms with Gasteiger partial charge in [-0.15, -0.1) is 0 Å². The fourth-order valence-corrected chi connectivity index (χ4v) is 5.40. The maximum absolute atomic E-state index is 13.8. The number of halogens is 1. The summed E-state index contributed by atoms with van der Waals surface area (Å²) in [6.07, 6.45) is 1.10. The van der Waals surface area contributed by atoms with Gasteiger partial charge in [-0.25, -0.2) is 9.48 Å². The molecule has 9 nitrogen and oxygen atoms in total. The van der Waals surface area contributed by atoms with Crippen molar-refractivity contribution in [2.45, 2.75) is 59.0 Å². The van der Waals surface area contributed by atoms with E-state index in [1.54, 1.807) is 33.7 Å². The molecule has 1 N–H and O–H groups in total. The van der Waals surface area contributed by atoms with E-state index < -0.39 is 5.60 Å². The molecule has 0 spiro atoms. The largest absolute Gasteiger partial charge is 0.444 e. The maximum Gasteiger partial charge on any atom is 0.410 e. The highest BCUT2D eigenvalue weighted by atomic mass is 35.5. The molecule has 0 bridgehead atoms. The maximum atomic E-state index is 13.8. The summed E-state index contributed by atoms with van der Waals surface area (Å²) >= 11 is 6.40. The monoisotopic (exact) mass is 578 g/mol. The molecule has 2 aromatic carbocycles. The van der Waals surface area contributed by atoms with E-state index in [9.17, 15) is 14.4 Å². The molecule has 5 rings (SSSR count). The smallest absolute Gasteiger partial charge is 0.410 e. The number of aromatic amines is 1. The van der Waals surface area contributed by atoms with Gasteiger partial charge in [-0.3, -0.25) is 14.7 Å². The molecule has 1 fully saturated rings. The average molecular weight is 579 g/mol. The molecule has 1 aliphatic heterocycles.